The van der Waals surface area contributed by atoms with E-state index in [1.54, 1.807) is 26.6 Å². The summed E-state index contributed by atoms with van der Waals surface area (Å²) >= 11 is 0. The molecule has 0 saturated heterocycles. The molecule has 1 N–H and O–H groups in total. The van der Waals surface area contributed by atoms with Crippen molar-refractivity contribution in [1.29, 1.82) is 0 Å². The molecule has 0 spiro atoms. The third kappa shape index (κ3) is 3.28. The zero-order chi connectivity index (χ0) is 22.1. The van der Waals surface area contributed by atoms with Crippen LogP contribution >= 0.6 is 0 Å². The fraction of sp³-hybridized carbons (Fsp3) is 0.160. The average Bonchev–Trinajstić information content (AvgIpc) is 3.39. The quantitative estimate of drug-likeness (QED) is 0.499. The van der Waals surface area contributed by atoms with E-state index in [9.17, 15) is 4.79 Å². The minimum absolute atomic E-state index is 0.0988. The molecule has 0 saturated carbocycles. The fourth-order valence-corrected chi connectivity index (χ4v) is 4.23. The second-order valence-electron chi connectivity index (χ2n) is 7.54. The van der Waals surface area contributed by atoms with E-state index in [2.05, 4.69) is 15.2 Å². The average molecular weight is 426 g/mol. The molecule has 1 atom stereocenters. The molecule has 32 heavy (non-hydrogen) atoms. The minimum atomic E-state index is -0.341. The first kappa shape index (κ1) is 19.8. The Morgan fingerprint density at radius 2 is 1.81 bits per heavy atom. The van der Waals surface area contributed by atoms with Crippen molar-refractivity contribution >= 4 is 5.91 Å². The zero-order valence-corrected chi connectivity index (χ0v) is 17.8. The van der Waals surface area contributed by atoms with Crippen molar-refractivity contribution in [3.63, 3.8) is 0 Å². The molecule has 0 aliphatic carbocycles. The predicted octanol–water partition coefficient (Wildman–Crippen LogP) is 4.23. The lowest BCUT2D eigenvalue weighted by Crippen LogP contribution is -2.29. The number of methoxy groups -OCH3 is 2. The van der Waals surface area contributed by atoms with Gasteiger partial charge in [0.2, 0.25) is 0 Å². The number of hydrogen-bond acceptors (Lipinski definition) is 5. The summed E-state index contributed by atoms with van der Waals surface area (Å²) in [6, 6.07) is 19.1. The number of nitrogens with one attached hydrogen (secondary N) is 1. The Labute approximate surface area is 185 Å². The number of aromatic nitrogens is 3. The van der Waals surface area contributed by atoms with Gasteiger partial charge in [-0.2, -0.15) is 5.10 Å². The molecule has 1 unspecified atom stereocenters. The molecule has 160 valence electrons. The Morgan fingerprint density at radius 3 is 2.53 bits per heavy atom. The van der Waals surface area contributed by atoms with Gasteiger partial charge in [0.1, 0.15) is 5.69 Å². The number of fused-ring (bicyclic) bond motifs is 1. The van der Waals surface area contributed by atoms with Crippen LogP contribution in [0.1, 0.15) is 33.2 Å². The van der Waals surface area contributed by atoms with E-state index in [4.69, 9.17) is 9.47 Å². The van der Waals surface area contributed by atoms with Crippen LogP contribution in [0, 0.1) is 0 Å². The molecule has 1 aliphatic rings. The third-order valence-electron chi connectivity index (χ3n) is 5.71. The smallest absolute Gasteiger partial charge is 0.273 e. The maximum atomic E-state index is 13.5. The van der Waals surface area contributed by atoms with Crippen molar-refractivity contribution in [2.24, 2.45) is 0 Å². The minimum Gasteiger partial charge on any atom is -0.493 e. The molecule has 7 nitrogen and oxygen atoms in total. The van der Waals surface area contributed by atoms with E-state index < -0.39 is 0 Å². The van der Waals surface area contributed by atoms with E-state index >= 15 is 0 Å². The largest absolute Gasteiger partial charge is 0.493 e. The maximum absolute atomic E-state index is 13.5. The van der Waals surface area contributed by atoms with Crippen LogP contribution in [-0.4, -0.2) is 40.2 Å². The van der Waals surface area contributed by atoms with Gasteiger partial charge in [-0.05, 0) is 29.3 Å². The van der Waals surface area contributed by atoms with Crippen molar-refractivity contribution < 1.29 is 14.3 Å². The molecule has 2 aromatic carbocycles. The van der Waals surface area contributed by atoms with Gasteiger partial charge in [0.05, 0.1) is 26.0 Å². The summed E-state index contributed by atoms with van der Waals surface area (Å²) in [5.41, 5.74) is 4.95. The van der Waals surface area contributed by atoms with Crippen LogP contribution in [0.5, 0.6) is 11.5 Å². The summed E-state index contributed by atoms with van der Waals surface area (Å²) in [6.07, 6.45) is 3.50. The van der Waals surface area contributed by atoms with Gasteiger partial charge in [0.25, 0.3) is 5.91 Å². The Bertz CT molecular complexity index is 1250. The number of benzene rings is 2. The number of amides is 1. The number of carbonyl (C=O) groups excluding carboxylic acids is 1. The molecule has 1 amide bonds. The van der Waals surface area contributed by atoms with E-state index in [0.717, 1.165) is 27.9 Å². The van der Waals surface area contributed by atoms with Gasteiger partial charge in [0.15, 0.2) is 11.5 Å². The van der Waals surface area contributed by atoms with Gasteiger partial charge < -0.3 is 14.4 Å². The first-order valence-electron chi connectivity index (χ1n) is 10.3. The highest BCUT2D eigenvalue weighted by Gasteiger charge is 2.42. The number of hydrogen-bond donors (Lipinski definition) is 1. The predicted molar refractivity (Wildman–Crippen MR) is 120 cm³/mol. The Morgan fingerprint density at radius 1 is 1.00 bits per heavy atom. The van der Waals surface area contributed by atoms with Crippen LogP contribution in [0.2, 0.25) is 0 Å². The van der Waals surface area contributed by atoms with Gasteiger partial charge in [0, 0.05) is 30.1 Å². The van der Waals surface area contributed by atoms with Crippen LogP contribution in [0.3, 0.4) is 0 Å². The lowest BCUT2D eigenvalue weighted by molar-refractivity contribution is 0.0729. The summed E-state index contributed by atoms with van der Waals surface area (Å²) in [7, 11) is 3.21. The van der Waals surface area contributed by atoms with Gasteiger partial charge in [-0.1, -0.05) is 42.5 Å². The molecule has 2 aromatic heterocycles. The molecule has 0 bridgehead atoms. The van der Waals surface area contributed by atoms with Crippen molar-refractivity contribution in [1.82, 2.24) is 20.1 Å². The number of ether oxygens (including phenoxy) is 2. The lowest BCUT2D eigenvalue weighted by atomic mass is 9.95. The molecule has 3 heterocycles. The van der Waals surface area contributed by atoms with Crippen LogP contribution < -0.4 is 9.47 Å². The molecule has 4 aromatic rings. The molecule has 0 fully saturated rings. The van der Waals surface area contributed by atoms with E-state index in [1.165, 1.54) is 0 Å². The second kappa shape index (κ2) is 8.19. The van der Waals surface area contributed by atoms with E-state index in [1.807, 2.05) is 65.6 Å². The Hall–Kier alpha value is -4.13. The highest BCUT2D eigenvalue weighted by atomic mass is 16.5. The monoisotopic (exact) mass is 426 g/mol. The summed E-state index contributed by atoms with van der Waals surface area (Å²) in [5.74, 6) is 1.14. The number of H-pyrrole nitrogens is 1. The van der Waals surface area contributed by atoms with Crippen molar-refractivity contribution in [3.8, 4) is 22.8 Å². The molecule has 5 rings (SSSR count). The summed E-state index contributed by atoms with van der Waals surface area (Å²) in [6.45, 7) is 0.419. The lowest BCUT2D eigenvalue weighted by Gasteiger charge is -2.27. The molecule has 0 radical (unpaired) electrons. The first-order chi connectivity index (χ1) is 15.7. The molecular formula is C25H22N4O3. The van der Waals surface area contributed by atoms with E-state index in [0.29, 0.717) is 23.7 Å². The number of rotatable bonds is 6. The maximum Gasteiger partial charge on any atom is 0.273 e. The topological polar surface area (TPSA) is 80.3 Å². The number of nitrogens with zero attached hydrogens (tertiary/aromatic N) is 3. The van der Waals surface area contributed by atoms with Crippen molar-refractivity contribution in [2.75, 3.05) is 14.2 Å². The van der Waals surface area contributed by atoms with Gasteiger partial charge >= 0.3 is 0 Å². The number of pyridine rings is 1. The van der Waals surface area contributed by atoms with Gasteiger partial charge in [-0.3, -0.25) is 14.9 Å². The summed E-state index contributed by atoms with van der Waals surface area (Å²) < 4.78 is 11.0. The highest BCUT2D eigenvalue weighted by Crippen LogP contribution is 2.45. The number of carbonyl (C=O) groups is 1. The Balaban J connectivity index is 1.67. The van der Waals surface area contributed by atoms with Crippen molar-refractivity contribution in [3.05, 3.63) is 95.4 Å². The third-order valence-corrected chi connectivity index (χ3v) is 5.71. The first-order valence-corrected chi connectivity index (χ1v) is 10.3. The SMILES string of the molecule is COc1ccc(C2c3c(-c4ccccc4)n[nH]c3C(=O)N2Cc2cccnc2)cc1OC. The van der Waals surface area contributed by atoms with E-state index in [-0.39, 0.29) is 11.9 Å². The Kier molecular flexibility index (Phi) is 5.07. The molecule has 7 heteroatoms. The highest BCUT2D eigenvalue weighted by molar-refractivity contribution is 6.00. The summed E-state index contributed by atoms with van der Waals surface area (Å²) in [4.78, 5) is 19.5. The normalized spacial score (nSPS) is 15.0. The van der Waals surface area contributed by atoms with Crippen LogP contribution in [-0.2, 0) is 6.54 Å². The molecular weight excluding hydrogens is 404 g/mol. The zero-order valence-electron chi connectivity index (χ0n) is 17.8. The van der Waals surface area contributed by atoms with Crippen molar-refractivity contribution in [2.45, 2.75) is 12.6 Å². The van der Waals surface area contributed by atoms with Crippen LogP contribution in [0.25, 0.3) is 11.3 Å². The fourth-order valence-electron chi connectivity index (χ4n) is 4.23. The standard InChI is InChI=1S/C25H22N4O3/c1-31-19-11-10-18(13-20(19)32-2)24-21-22(17-8-4-3-5-9-17)27-28-23(21)25(30)29(24)15-16-7-6-12-26-14-16/h3-14,24H,15H2,1-2H3,(H,27,28). The summed E-state index contributed by atoms with van der Waals surface area (Å²) in [5, 5.41) is 7.50. The second-order valence-corrected chi connectivity index (χ2v) is 7.54. The van der Waals surface area contributed by atoms with Gasteiger partial charge in [-0.25, -0.2) is 0 Å². The van der Waals surface area contributed by atoms with Crippen LogP contribution in [0.4, 0.5) is 0 Å². The molecule has 1 aliphatic heterocycles. The van der Waals surface area contributed by atoms with Gasteiger partial charge in [-0.15, -0.1) is 0 Å². The van der Waals surface area contributed by atoms with Crippen LogP contribution in [0.15, 0.2) is 73.1 Å². The number of aromatic amines is 1.